The number of nitrogens with one attached hydrogen (secondary N) is 2. The highest BCUT2D eigenvalue weighted by Crippen LogP contribution is 2.18. The van der Waals surface area contributed by atoms with Gasteiger partial charge in [-0.05, 0) is 12.8 Å². The smallest absolute Gasteiger partial charge is 0.271 e. The second-order valence-electron chi connectivity index (χ2n) is 5.78. The SMILES string of the molecule is O=c1cnnc(NC2CCCCCCCCCCC2)[nH]1. The van der Waals surface area contributed by atoms with E-state index in [9.17, 15) is 4.79 Å². The van der Waals surface area contributed by atoms with Gasteiger partial charge in [0.25, 0.3) is 5.56 Å². The molecule has 0 aromatic carbocycles. The van der Waals surface area contributed by atoms with Gasteiger partial charge in [0.15, 0.2) is 0 Å². The Labute approximate surface area is 120 Å². The van der Waals surface area contributed by atoms with E-state index in [1.165, 1.54) is 64.0 Å². The molecule has 0 unspecified atom stereocenters. The Kier molecular flexibility index (Phi) is 6.54. The summed E-state index contributed by atoms with van der Waals surface area (Å²) >= 11 is 0. The van der Waals surface area contributed by atoms with Crippen molar-refractivity contribution < 1.29 is 0 Å². The van der Waals surface area contributed by atoms with Crippen molar-refractivity contribution in [1.29, 1.82) is 0 Å². The van der Waals surface area contributed by atoms with Crippen molar-refractivity contribution >= 4 is 5.95 Å². The number of rotatable bonds is 2. The van der Waals surface area contributed by atoms with Crippen LogP contribution in [0.25, 0.3) is 0 Å². The van der Waals surface area contributed by atoms with E-state index in [-0.39, 0.29) is 5.56 Å². The molecule has 0 amide bonds. The zero-order valence-corrected chi connectivity index (χ0v) is 12.2. The van der Waals surface area contributed by atoms with Gasteiger partial charge in [-0.2, -0.15) is 0 Å². The summed E-state index contributed by atoms with van der Waals surface area (Å²) in [5, 5.41) is 11.0. The Morgan fingerprint density at radius 2 is 1.50 bits per heavy atom. The molecule has 5 nitrogen and oxygen atoms in total. The van der Waals surface area contributed by atoms with Crippen LogP contribution in [-0.2, 0) is 0 Å². The predicted octanol–water partition coefficient (Wildman–Crippen LogP) is 3.25. The highest BCUT2D eigenvalue weighted by Gasteiger charge is 2.10. The van der Waals surface area contributed by atoms with E-state index in [1.54, 1.807) is 0 Å². The monoisotopic (exact) mass is 278 g/mol. The first-order valence-electron chi connectivity index (χ1n) is 8.03. The number of aromatic nitrogens is 3. The van der Waals surface area contributed by atoms with Crippen LogP contribution in [0.1, 0.15) is 70.6 Å². The Morgan fingerprint density at radius 3 is 2.05 bits per heavy atom. The average molecular weight is 278 g/mol. The quantitative estimate of drug-likeness (QED) is 0.871. The van der Waals surface area contributed by atoms with Crippen LogP contribution in [0.4, 0.5) is 5.95 Å². The lowest BCUT2D eigenvalue weighted by atomic mass is 9.98. The summed E-state index contributed by atoms with van der Waals surface area (Å²) in [4.78, 5) is 13.9. The summed E-state index contributed by atoms with van der Waals surface area (Å²) in [7, 11) is 0. The van der Waals surface area contributed by atoms with Gasteiger partial charge in [0.05, 0.1) is 0 Å². The van der Waals surface area contributed by atoms with Crippen molar-refractivity contribution in [2.45, 2.75) is 76.7 Å². The molecular formula is C15H26N4O. The van der Waals surface area contributed by atoms with E-state index in [2.05, 4.69) is 20.5 Å². The van der Waals surface area contributed by atoms with E-state index >= 15 is 0 Å². The van der Waals surface area contributed by atoms with E-state index in [0.717, 1.165) is 12.8 Å². The molecule has 0 spiro atoms. The summed E-state index contributed by atoms with van der Waals surface area (Å²) in [6.45, 7) is 0. The van der Waals surface area contributed by atoms with E-state index in [4.69, 9.17) is 0 Å². The van der Waals surface area contributed by atoms with Crippen molar-refractivity contribution in [3.63, 3.8) is 0 Å². The lowest BCUT2D eigenvalue weighted by Gasteiger charge is -2.19. The maximum absolute atomic E-state index is 11.2. The molecule has 0 saturated heterocycles. The van der Waals surface area contributed by atoms with Gasteiger partial charge in [-0.1, -0.05) is 57.8 Å². The van der Waals surface area contributed by atoms with E-state index in [1.807, 2.05) is 0 Å². The Hall–Kier alpha value is -1.39. The molecule has 1 heterocycles. The molecule has 0 aliphatic heterocycles. The number of hydrogen-bond acceptors (Lipinski definition) is 4. The van der Waals surface area contributed by atoms with Crippen LogP contribution in [0.3, 0.4) is 0 Å². The van der Waals surface area contributed by atoms with E-state index < -0.39 is 0 Å². The highest BCUT2D eigenvalue weighted by molar-refractivity contribution is 5.22. The molecular weight excluding hydrogens is 252 g/mol. The first-order valence-corrected chi connectivity index (χ1v) is 8.03. The number of aromatic amines is 1. The number of H-pyrrole nitrogens is 1. The third kappa shape index (κ3) is 5.72. The molecule has 2 N–H and O–H groups in total. The van der Waals surface area contributed by atoms with Gasteiger partial charge >= 0.3 is 0 Å². The molecule has 2 rings (SSSR count). The molecule has 1 aliphatic carbocycles. The molecule has 0 atom stereocenters. The maximum atomic E-state index is 11.2. The van der Waals surface area contributed by atoms with Crippen LogP contribution in [0.2, 0.25) is 0 Å². The number of anilines is 1. The standard InChI is InChI=1S/C15H26N4O/c20-14-12-16-19-15(18-14)17-13-10-8-6-4-2-1-3-5-7-9-11-13/h12-13H,1-11H2,(H2,17,18,19,20). The summed E-state index contributed by atoms with van der Waals surface area (Å²) in [6, 6.07) is 0.404. The van der Waals surface area contributed by atoms with Crippen molar-refractivity contribution in [3.05, 3.63) is 16.6 Å². The van der Waals surface area contributed by atoms with Crippen LogP contribution in [0.15, 0.2) is 11.0 Å². The predicted molar refractivity (Wildman–Crippen MR) is 80.9 cm³/mol. The third-order valence-electron chi connectivity index (χ3n) is 4.02. The van der Waals surface area contributed by atoms with Crippen molar-refractivity contribution in [2.75, 3.05) is 5.32 Å². The molecule has 1 aliphatic rings. The zero-order chi connectivity index (χ0) is 14.0. The Balaban J connectivity index is 1.86. The topological polar surface area (TPSA) is 70.7 Å². The lowest BCUT2D eigenvalue weighted by Crippen LogP contribution is -2.23. The van der Waals surface area contributed by atoms with Crippen LogP contribution in [-0.4, -0.2) is 21.2 Å². The second kappa shape index (κ2) is 8.72. The number of nitrogens with zero attached hydrogens (tertiary/aromatic N) is 2. The van der Waals surface area contributed by atoms with Crippen molar-refractivity contribution in [1.82, 2.24) is 15.2 Å². The first kappa shape index (κ1) is 15.0. The molecule has 0 bridgehead atoms. The Morgan fingerprint density at radius 1 is 0.950 bits per heavy atom. The molecule has 112 valence electrons. The molecule has 5 heteroatoms. The van der Waals surface area contributed by atoms with E-state index in [0.29, 0.717) is 12.0 Å². The molecule has 0 radical (unpaired) electrons. The fourth-order valence-electron chi connectivity index (χ4n) is 2.88. The van der Waals surface area contributed by atoms with Crippen LogP contribution in [0, 0.1) is 0 Å². The minimum atomic E-state index is -0.198. The fraction of sp³-hybridized carbons (Fsp3) is 0.800. The third-order valence-corrected chi connectivity index (χ3v) is 4.02. The minimum Gasteiger partial charge on any atom is -0.352 e. The van der Waals surface area contributed by atoms with Crippen LogP contribution < -0.4 is 10.9 Å². The van der Waals surface area contributed by atoms with Gasteiger partial charge in [-0.3, -0.25) is 9.78 Å². The summed E-state index contributed by atoms with van der Waals surface area (Å²) < 4.78 is 0. The molecule has 1 aromatic rings. The maximum Gasteiger partial charge on any atom is 0.271 e. The largest absolute Gasteiger partial charge is 0.352 e. The van der Waals surface area contributed by atoms with Gasteiger partial charge in [0.2, 0.25) is 5.95 Å². The second-order valence-corrected chi connectivity index (χ2v) is 5.78. The minimum absolute atomic E-state index is 0.198. The van der Waals surface area contributed by atoms with Gasteiger partial charge in [-0.25, -0.2) is 0 Å². The van der Waals surface area contributed by atoms with Gasteiger partial charge in [0, 0.05) is 6.04 Å². The molecule has 20 heavy (non-hydrogen) atoms. The average Bonchev–Trinajstić information content (AvgIpc) is 2.42. The van der Waals surface area contributed by atoms with Crippen LogP contribution >= 0.6 is 0 Å². The zero-order valence-electron chi connectivity index (χ0n) is 12.2. The normalized spacial score (nSPS) is 19.8. The summed E-state index contributed by atoms with van der Waals surface area (Å²) in [5.41, 5.74) is -0.198. The Bertz CT molecular complexity index is 420. The lowest BCUT2D eigenvalue weighted by molar-refractivity contribution is 0.478. The number of hydrogen-bond donors (Lipinski definition) is 2. The van der Waals surface area contributed by atoms with Crippen LogP contribution in [0.5, 0.6) is 0 Å². The first-order chi connectivity index (χ1) is 9.84. The fourth-order valence-corrected chi connectivity index (χ4v) is 2.88. The summed E-state index contributed by atoms with van der Waals surface area (Å²) in [6.07, 6.45) is 15.5. The van der Waals surface area contributed by atoms with Crippen molar-refractivity contribution in [2.24, 2.45) is 0 Å². The highest BCUT2D eigenvalue weighted by atomic mass is 16.1. The van der Waals surface area contributed by atoms with Gasteiger partial charge in [0.1, 0.15) is 6.20 Å². The van der Waals surface area contributed by atoms with Gasteiger partial charge < -0.3 is 5.32 Å². The van der Waals surface area contributed by atoms with Crippen molar-refractivity contribution in [3.8, 4) is 0 Å². The molecule has 1 aromatic heterocycles. The summed E-state index contributed by atoms with van der Waals surface area (Å²) in [5.74, 6) is 0.509. The molecule has 1 saturated carbocycles. The molecule has 1 fully saturated rings. The van der Waals surface area contributed by atoms with Gasteiger partial charge in [-0.15, -0.1) is 10.2 Å².